The highest BCUT2D eigenvalue weighted by Gasteiger charge is 2.40. The molecule has 0 unspecified atom stereocenters. The Morgan fingerprint density at radius 3 is 2.28 bits per heavy atom. The molecule has 0 aliphatic carbocycles. The van der Waals surface area contributed by atoms with Crippen LogP contribution in [-0.4, -0.2) is 53.1 Å². The van der Waals surface area contributed by atoms with Gasteiger partial charge in [-0.15, -0.1) is 0 Å². The summed E-state index contributed by atoms with van der Waals surface area (Å²) in [5.41, 5.74) is 5.35. The van der Waals surface area contributed by atoms with Crippen LogP contribution in [0.5, 0.6) is 0 Å². The summed E-state index contributed by atoms with van der Waals surface area (Å²) in [6.07, 6.45) is 2.76. The third-order valence-corrected chi connectivity index (χ3v) is 3.60. The molecule has 18 heavy (non-hydrogen) atoms. The first kappa shape index (κ1) is 15.8. The zero-order valence-electron chi connectivity index (χ0n) is 12.2. The van der Waals surface area contributed by atoms with Gasteiger partial charge in [-0.3, -0.25) is 4.79 Å². The highest BCUT2D eigenvalue weighted by Crippen LogP contribution is 2.28. The second-order valence-corrected chi connectivity index (χ2v) is 7.19. The highest BCUT2D eigenvalue weighted by atomic mass is 32.2. The Kier molecular flexibility index (Phi) is 5.09. The topological polar surface area (TPSA) is 55.6 Å². The van der Waals surface area contributed by atoms with Crippen molar-refractivity contribution in [2.24, 2.45) is 5.73 Å². The van der Waals surface area contributed by atoms with Crippen molar-refractivity contribution in [3.8, 4) is 0 Å². The van der Waals surface area contributed by atoms with Gasteiger partial charge in [0.05, 0.1) is 17.2 Å². The summed E-state index contributed by atoms with van der Waals surface area (Å²) in [6.45, 7) is 9.29. The molecule has 5 heteroatoms. The smallest absolute Gasteiger partial charge is 0.239 e. The van der Waals surface area contributed by atoms with Gasteiger partial charge in [-0.2, -0.15) is 11.8 Å². The Balaban J connectivity index is 2.67. The van der Waals surface area contributed by atoms with Gasteiger partial charge in [-0.05, 0) is 46.1 Å². The maximum Gasteiger partial charge on any atom is 0.239 e. The van der Waals surface area contributed by atoms with Crippen LogP contribution in [0.3, 0.4) is 0 Å². The van der Waals surface area contributed by atoms with E-state index in [9.17, 15) is 4.79 Å². The fraction of sp³-hybridized carbons (Fsp3) is 0.923. The minimum Gasteiger partial charge on any atom is -0.366 e. The number of nitrogens with zero attached hydrogens (tertiary/aromatic N) is 1. The molecular weight excluding hydrogens is 248 g/mol. The molecule has 0 saturated carbocycles. The van der Waals surface area contributed by atoms with E-state index in [1.165, 1.54) is 0 Å². The summed E-state index contributed by atoms with van der Waals surface area (Å²) in [5.74, 6) is 0.970. The minimum absolute atomic E-state index is 0.0495. The van der Waals surface area contributed by atoms with Crippen LogP contribution >= 0.6 is 11.8 Å². The zero-order chi connectivity index (χ0) is 14.0. The average molecular weight is 274 g/mol. The van der Waals surface area contributed by atoms with E-state index in [0.717, 1.165) is 12.2 Å². The van der Waals surface area contributed by atoms with Crippen molar-refractivity contribution in [2.45, 2.75) is 51.4 Å². The van der Waals surface area contributed by atoms with Crippen molar-refractivity contribution in [3.63, 3.8) is 0 Å². The number of thioether (sulfide) groups is 1. The van der Waals surface area contributed by atoms with Gasteiger partial charge in [-0.25, -0.2) is 0 Å². The molecule has 2 N–H and O–H groups in total. The summed E-state index contributed by atoms with van der Waals surface area (Å²) < 4.78 is 5.96. The van der Waals surface area contributed by atoms with Gasteiger partial charge in [0.15, 0.2) is 0 Å². The first-order valence-corrected chi connectivity index (χ1v) is 7.80. The van der Waals surface area contributed by atoms with E-state index < -0.39 is 0 Å². The number of hydrogen-bond acceptors (Lipinski definition) is 4. The molecule has 1 atom stereocenters. The van der Waals surface area contributed by atoms with Gasteiger partial charge in [0.25, 0.3) is 0 Å². The molecule has 4 nitrogen and oxygen atoms in total. The van der Waals surface area contributed by atoms with E-state index in [-0.39, 0.29) is 23.2 Å². The van der Waals surface area contributed by atoms with Crippen molar-refractivity contribution in [3.05, 3.63) is 0 Å². The number of morpholine rings is 1. The number of carbonyl (C=O) groups excluding carboxylic acids is 1. The van der Waals surface area contributed by atoms with Gasteiger partial charge in [0.1, 0.15) is 0 Å². The lowest BCUT2D eigenvalue weighted by Crippen LogP contribution is -2.61. The summed E-state index contributed by atoms with van der Waals surface area (Å²) in [4.78, 5) is 14.2. The predicted molar refractivity (Wildman–Crippen MR) is 76.8 cm³/mol. The SMILES string of the molecule is CSCC[C@H](N)C(=O)N1CC(C)(C)OC(C)(C)C1. The summed E-state index contributed by atoms with van der Waals surface area (Å²) in [7, 11) is 0. The summed E-state index contributed by atoms with van der Waals surface area (Å²) >= 11 is 1.72. The van der Waals surface area contributed by atoms with Crippen LogP contribution in [-0.2, 0) is 9.53 Å². The monoisotopic (exact) mass is 274 g/mol. The molecule has 1 heterocycles. The maximum atomic E-state index is 12.3. The van der Waals surface area contributed by atoms with Crippen LogP contribution in [0.25, 0.3) is 0 Å². The number of hydrogen-bond donors (Lipinski definition) is 1. The van der Waals surface area contributed by atoms with Gasteiger partial charge in [0.2, 0.25) is 5.91 Å². The van der Waals surface area contributed by atoms with Crippen LogP contribution in [0.1, 0.15) is 34.1 Å². The first-order chi connectivity index (χ1) is 8.17. The highest BCUT2D eigenvalue weighted by molar-refractivity contribution is 7.98. The Hall–Kier alpha value is -0.260. The van der Waals surface area contributed by atoms with Crippen molar-refractivity contribution in [2.75, 3.05) is 25.1 Å². The molecule has 0 aromatic carbocycles. The van der Waals surface area contributed by atoms with Gasteiger partial charge < -0.3 is 15.4 Å². The van der Waals surface area contributed by atoms with Crippen LogP contribution in [0.4, 0.5) is 0 Å². The lowest BCUT2D eigenvalue weighted by molar-refractivity contribution is -0.188. The Labute approximate surface area is 115 Å². The number of amides is 1. The molecule has 1 fully saturated rings. The van der Waals surface area contributed by atoms with Gasteiger partial charge in [0, 0.05) is 13.1 Å². The molecular formula is C13H26N2O2S. The number of rotatable bonds is 4. The fourth-order valence-electron chi connectivity index (χ4n) is 2.55. The Bertz CT molecular complexity index is 289. The third-order valence-electron chi connectivity index (χ3n) is 2.96. The van der Waals surface area contributed by atoms with Crippen LogP contribution in [0.2, 0.25) is 0 Å². The van der Waals surface area contributed by atoms with Crippen molar-refractivity contribution in [1.29, 1.82) is 0 Å². The molecule has 0 aromatic heterocycles. The van der Waals surface area contributed by atoms with Crippen LogP contribution < -0.4 is 5.73 Å². The molecule has 1 rings (SSSR count). The maximum absolute atomic E-state index is 12.3. The van der Waals surface area contributed by atoms with E-state index in [1.807, 2.05) is 38.9 Å². The van der Waals surface area contributed by atoms with E-state index >= 15 is 0 Å². The van der Waals surface area contributed by atoms with E-state index in [2.05, 4.69) is 0 Å². The standard InChI is InChI=1S/C13H26N2O2S/c1-12(2)8-15(9-13(3,4)17-12)11(16)10(14)6-7-18-5/h10H,6-9,14H2,1-5H3/t10-/m0/s1. The molecule has 0 spiro atoms. The van der Waals surface area contributed by atoms with Crippen molar-refractivity contribution in [1.82, 2.24) is 4.90 Å². The molecule has 0 aromatic rings. The lowest BCUT2D eigenvalue weighted by atomic mass is 9.98. The Morgan fingerprint density at radius 2 is 1.83 bits per heavy atom. The summed E-state index contributed by atoms with van der Waals surface area (Å²) in [6, 6.07) is -0.387. The van der Waals surface area contributed by atoms with E-state index in [1.54, 1.807) is 11.8 Å². The number of carbonyl (C=O) groups is 1. The molecule has 0 bridgehead atoms. The second-order valence-electron chi connectivity index (χ2n) is 6.20. The van der Waals surface area contributed by atoms with Crippen LogP contribution in [0, 0.1) is 0 Å². The first-order valence-electron chi connectivity index (χ1n) is 6.40. The molecule has 0 radical (unpaired) electrons. The third kappa shape index (κ3) is 4.44. The second kappa shape index (κ2) is 5.80. The minimum atomic E-state index is -0.387. The summed E-state index contributed by atoms with van der Waals surface area (Å²) in [5, 5.41) is 0. The predicted octanol–water partition coefficient (Wildman–Crippen LogP) is 1.48. The zero-order valence-corrected chi connectivity index (χ0v) is 13.0. The normalized spacial score (nSPS) is 23.8. The van der Waals surface area contributed by atoms with Gasteiger partial charge in [-0.1, -0.05) is 0 Å². The van der Waals surface area contributed by atoms with E-state index in [4.69, 9.17) is 10.5 Å². The van der Waals surface area contributed by atoms with Crippen molar-refractivity contribution < 1.29 is 9.53 Å². The number of nitrogens with two attached hydrogens (primary N) is 1. The molecule has 1 saturated heterocycles. The molecule has 1 aliphatic rings. The van der Waals surface area contributed by atoms with Gasteiger partial charge >= 0.3 is 0 Å². The largest absolute Gasteiger partial charge is 0.366 e. The average Bonchev–Trinajstić information content (AvgIpc) is 2.20. The van der Waals surface area contributed by atoms with Crippen molar-refractivity contribution >= 4 is 17.7 Å². The lowest BCUT2D eigenvalue weighted by Gasteiger charge is -2.47. The molecule has 1 aliphatic heterocycles. The number of ether oxygens (including phenoxy) is 1. The molecule has 106 valence electrons. The quantitative estimate of drug-likeness (QED) is 0.844. The molecule has 1 amide bonds. The fourth-order valence-corrected chi connectivity index (χ4v) is 3.04. The van der Waals surface area contributed by atoms with Crippen LogP contribution in [0.15, 0.2) is 0 Å². The Morgan fingerprint density at radius 1 is 1.33 bits per heavy atom. The van der Waals surface area contributed by atoms with E-state index in [0.29, 0.717) is 13.1 Å².